The Balaban J connectivity index is 2.31. The van der Waals surface area contributed by atoms with Gasteiger partial charge in [-0.2, -0.15) is 0 Å². The van der Waals surface area contributed by atoms with Gasteiger partial charge in [0, 0.05) is 5.57 Å². The first-order chi connectivity index (χ1) is 5.84. The minimum absolute atomic E-state index is 0.0512. The molecule has 2 heteroatoms. The van der Waals surface area contributed by atoms with E-state index in [-0.39, 0.29) is 5.91 Å². The van der Waals surface area contributed by atoms with Crippen LogP contribution in [0.3, 0.4) is 0 Å². The molecule has 0 unspecified atom stereocenters. The highest BCUT2D eigenvalue weighted by Crippen LogP contribution is 2.16. The predicted molar refractivity (Wildman–Crippen MR) is 48.4 cm³/mol. The van der Waals surface area contributed by atoms with E-state index < -0.39 is 0 Å². The third-order valence-corrected chi connectivity index (χ3v) is 1.85. The van der Waals surface area contributed by atoms with Gasteiger partial charge in [-0.25, -0.2) is 0 Å². The molecule has 0 aromatic heterocycles. The predicted octanol–water partition coefficient (Wildman–Crippen LogP) is 1.24. The summed E-state index contributed by atoms with van der Waals surface area (Å²) in [6, 6.07) is 0. The van der Waals surface area contributed by atoms with Crippen LogP contribution in [0.5, 0.6) is 0 Å². The summed E-state index contributed by atoms with van der Waals surface area (Å²) < 4.78 is 0. The number of amides is 1. The standard InChI is InChI=1S/C10H13NO/c1-2-3-8-11-10(12)9-6-4-5-7-9/h6H,4-5,7-8H2,1H3,(H,11,12). The Bertz CT molecular complexity index is 255. The Labute approximate surface area is 73.0 Å². The molecule has 1 N–H and O–H groups in total. The lowest BCUT2D eigenvalue weighted by Gasteiger charge is -2.00. The molecule has 0 atom stereocenters. The number of rotatable bonds is 2. The maximum atomic E-state index is 11.3. The largest absolute Gasteiger partial charge is 0.341 e. The van der Waals surface area contributed by atoms with Gasteiger partial charge < -0.3 is 5.32 Å². The van der Waals surface area contributed by atoms with Gasteiger partial charge in [-0.15, -0.1) is 5.92 Å². The second kappa shape index (κ2) is 4.61. The average Bonchev–Trinajstić information content (AvgIpc) is 2.56. The Morgan fingerprint density at radius 2 is 2.58 bits per heavy atom. The second-order valence-corrected chi connectivity index (χ2v) is 2.73. The maximum absolute atomic E-state index is 11.3. The molecule has 12 heavy (non-hydrogen) atoms. The first-order valence-corrected chi connectivity index (χ1v) is 4.21. The maximum Gasteiger partial charge on any atom is 0.247 e. The van der Waals surface area contributed by atoms with Gasteiger partial charge in [0.05, 0.1) is 6.54 Å². The van der Waals surface area contributed by atoms with Crippen molar-refractivity contribution in [1.82, 2.24) is 5.32 Å². The van der Waals surface area contributed by atoms with E-state index in [1.165, 1.54) is 0 Å². The van der Waals surface area contributed by atoms with E-state index in [1.54, 1.807) is 6.92 Å². The molecule has 0 spiro atoms. The molecule has 0 aromatic carbocycles. The number of hydrogen-bond donors (Lipinski definition) is 1. The van der Waals surface area contributed by atoms with Crippen LogP contribution in [-0.2, 0) is 4.79 Å². The number of allylic oxidation sites excluding steroid dienone is 1. The first kappa shape index (κ1) is 8.86. The fraction of sp³-hybridized carbons (Fsp3) is 0.500. The molecule has 2 nitrogen and oxygen atoms in total. The van der Waals surface area contributed by atoms with Crippen LogP contribution in [0.1, 0.15) is 26.2 Å². The number of nitrogens with one attached hydrogen (secondary N) is 1. The zero-order valence-electron chi connectivity index (χ0n) is 7.31. The topological polar surface area (TPSA) is 29.1 Å². The van der Waals surface area contributed by atoms with Crippen LogP contribution in [-0.4, -0.2) is 12.5 Å². The van der Waals surface area contributed by atoms with Crippen molar-refractivity contribution in [2.24, 2.45) is 0 Å². The van der Waals surface area contributed by atoms with Crippen molar-refractivity contribution in [3.8, 4) is 11.8 Å². The van der Waals surface area contributed by atoms with Gasteiger partial charge in [-0.1, -0.05) is 12.0 Å². The fourth-order valence-corrected chi connectivity index (χ4v) is 1.20. The lowest BCUT2D eigenvalue weighted by Crippen LogP contribution is -2.24. The third kappa shape index (κ3) is 2.43. The van der Waals surface area contributed by atoms with Crippen molar-refractivity contribution in [3.05, 3.63) is 11.6 Å². The molecule has 0 heterocycles. The van der Waals surface area contributed by atoms with Crippen LogP contribution >= 0.6 is 0 Å². The first-order valence-electron chi connectivity index (χ1n) is 4.21. The van der Waals surface area contributed by atoms with E-state index in [0.717, 1.165) is 24.8 Å². The highest BCUT2D eigenvalue weighted by Gasteiger charge is 2.11. The summed E-state index contributed by atoms with van der Waals surface area (Å²) in [4.78, 5) is 11.3. The van der Waals surface area contributed by atoms with Crippen molar-refractivity contribution in [3.63, 3.8) is 0 Å². The van der Waals surface area contributed by atoms with Crippen molar-refractivity contribution in [1.29, 1.82) is 0 Å². The number of carbonyl (C=O) groups excluding carboxylic acids is 1. The molecule has 1 aliphatic rings. The number of hydrogen-bond acceptors (Lipinski definition) is 1. The van der Waals surface area contributed by atoms with Gasteiger partial charge in [-0.3, -0.25) is 4.79 Å². The monoisotopic (exact) mass is 163 g/mol. The minimum atomic E-state index is 0.0512. The van der Waals surface area contributed by atoms with Crippen LogP contribution in [0.15, 0.2) is 11.6 Å². The molecule has 0 bridgehead atoms. The summed E-state index contributed by atoms with van der Waals surface area (Å²) in [5.74, 6) is 5.57. The highest BCUT2D eigenvalue weighted by atomic mass is 16.1. The molecule has 0 radical (unpaired) electrons. The lowest BCUT2D eigenvalue weighted by molar-refractivity contribution is -0.117. The van der Waals surface area contributed by atoms with Gasteiger partial charge in [-0.05, 0) is 26.2 Å². The zero-order chi connectivity index (χ0) is 8.81. The van der Waals surface area contributed by atoms with Crippen LogP contribution in [0.4, 0.5) is 0 Å². The van der Waals surface area contributed by atoms with Gasteiger partial charge >= 0.3 is 0 Å². The molecule has 64 valence electrons. The molecule has 1 aliphatic carbocycles. The Hall–Kier alpha value is -1.23. The fourth-order valence-electron chi connectivity index (χ4n) is 1.20. The van der Waals surface area contributed by atoms with E-state index in [9.17, 15) is 4.79 Å². The van der Waals surface area contributed by atoms with Gasteiger partial charge in [0.25, 0.3) is 0 Å². The minimum Gasteiger partial charge on any atom is -0.341 e. The highest BCUT2D eigenvalue weighted by molar-refractivity contribution is 5.93. The van der Waals surface area contributed by atoms with Gasteiger partial charge in [0.15, 0.2) is 0 Å². The normalized spacial score (nSPS) is 14.6. The summed E-state index contributed by atoms with van der Waals surface area (Å²) in [7, 11) is 0. The van der Waals surface area contributed by atoms with Crippen LogP contribution in [0.2, 0.25) is 0 Å². The summed E-state index contributed by atoms with van der Waals surface area (Å²) in [6.45, 7) is 2.23. The van der Waals surface area contributed by atoms with E-state index in [4.69, 9.17) is 0 Å². The second-order valence-electron chi connectivity index (χ2n) is 2.73. The summed E-state index contributed by atoms with van der Waals surface area (Å²) in [6.07, 6.45) is 5.09. The molecule has 0 fully saturated rings. The van der Waals surface area contributed by atoms with Crippen LogP contribution in [0.25, 0.3) is 0 Å². The third-order valence-electron chi connectivity index (χ3n) is 1.85. The molecule has 0 aromatic rings. The Morgan fingerprint density at radius 1 is 1.75 bits per heavy atom. The molecular weight excluding hydrogens is 150 g/mol. The SMILES string of the molecule is CC#CCNC(=O)C1=CCCC1. The Morgan fingerprint density at radius 3 is 3.17 bits per heavy atom. The van der Waals surface area contributed by atoms with E-state index in [1.807, 2.05) is 6.08 Å². The van der Waals surface area contributed by atoms with Gasteiger partial charge in [0.2, 0.25) is 5.91 Å². The van der Waals surface area contributed by atoms with Gasteiger partial charge in [0.1, 0.15) is 0 Å². The van der Waals surface area contributed by atoms with Crippen molar-refractivity contribution >= 4 is 5.91 Å². The van der Waals surface area contributed by atoms with E-state index >= 15 is 0 Å². The summed E-state index contributed by atoms with van der Waals surface area (Å²) in [5.41, 5.74) is 0.924. The smallest absolute Gasteiger partial charge is 0.247 e. The molecule has 0 aliphatic heterocycles. The molecular formula is C10H13NO. The summed E-state index contributed by atoms with van der Waals surface area (Å²) in [5, 5.41) is 2.74. The Kier molecular flexibility index (Phi) is 3.40. The van der Waals surface area contributed by atoms with Crippen LogP contribution < -0.4 is 5.32 Å². The average molecular weight is 163 g/mol. The summed E-state index contributed by atoms with van der Waals surface area (Å²) >= 11 is 0. The molecule has 0 saturated carbocycles. The van der Waals surface area contributed by atoms with Crippen molar-refractivity contribution in [2.75, 3.05) is 6.54 Å². The lowest BCUT2D eigenvalue weighted by atomic mass is 10.2. The van der Waals surface area contributed by atoms with Crippen molar-refractivity contribution < 1.29 is 4.79 Å². The van der Waals surface area contributed by atoms with E-state index in [2.05, 4.69) is 17.2 Å². The quantitative estimate of drug-likeness (QED) is 0.610. The van der Waals surface area contributed by atoms with Crippen LogP contribution in [0, 0.1) is 11.8 Å². The van der Waals surface area contributed by atoms with E-state index in [0.29, 0.717) is 6.54 Å². The molecule has 1 amide bonds. The molecule has 1 rings (SSSR count). The zero-order valence-corrected chi connectivity index (χ0v) is 7.31. The number of carbonyl (C=O) groups is 1. The van der Waals surface area contributed by atoms with Crippen molar-refractivity contribution in [2.45, 2.75) is 26.2 Å². The molecule has 0 saturated heterocycles.